The second kappa shape index (κ2) is 5.56. The minimum atomic E-state index is -0.472. The minimum Gasteiger partial charge on any atom is -0.486 e. The van der Waals surface area contributed by atoms with Crippen LogP contribution in [-0.2, 0) is 9.53 Å². The van der Waals surface area contributed by atoms with Gasteiger partial charge in [-0.3, -0.25) is 9.59 Å². The van der Waals surface area contributed by atoms with Crippen LogP contribution in [0.25, 0.3) is 0 Å². The number of morpholine rings is 1. The zero-order valence-electron chi connectivity index (χ0n) is 15.3. The number of hydrogen-bond acceptors (Lipinski definition) is 4. The van der Waals surface area contributed by atoms with Crippen molar-refractivity contribution in [2.24, 2.45) is 17.8 Å². The predicted octanol–water partition coefficient (Wildman–Crippen LogP) is 2.68. The largest absolute Gasteiger partial charge is 0.486 e. The number of nitrogens with zero attached hydrogens (tertiary/aromatic N) is 1. The monoisotopic (exact) mass is 355 g/mol. The van der Waals surface area contributed by atoms with Gasteiger partial charge >= 0.3 is 0 Å². The Balaban J connectivity index is 1.37. The number of hydrogen-bond donors (Lipinski definition) is 0. The summed E-state index contributed by atoms with van der Waals surface area (Å²) in [7, 11) is 0. The van der Waals surface area contributed by atoms with E-state index < -0.39 is 5.60 Å². The molecule has 5 nitrogen and oxygen atoms in total. The van der Waals surface area contributed by atoms with Crippen LogP contribution in [0.2, 0.25) is 0 Å². The van der Waals surface area contributed by atoms with E-state index in [1.807, 2.05) is 43.0 Å². The maximum Gasteiger partial charge on any atom is 0.226 e. The topological polar surface area (TPSA) is 55.8 Å². The zero-order valence-corrected chi connectivity index (χ0v) is 15.3. The average Bonchev–Trinajstić information content (AvgIpc) is 3.24. The molecule has 26 heavy (non-hydrogen) atoms. The third kappa shape index (κ3) is 2.33. The lowest BCUT2D eigenvalue weighted by molar-refractivity contribution is -0.146. The first-order chi connectivity index (χ1) is 12.5. The summed E-state index contributed by atoms with van der Waals surface area (Å²) < 4.78 is 12.2. The van der Waals surface area contributed by atoms with Crippen LogP contribution in [0.5, 0.6) is 5.75 Å². The van der Waals surface area contributed by atoms with E-state index in [0.717, 1.165) is 12.8 Å². The molecule has 0 aromatic heterocycles. The van der Waals surface area contributed by atoms with Gasteiger partial charge in [0, 0.05) is 24.9 Å². The number of fused-ring (bicyclic) bond motifs is 3. The zero-order chi connectivity index (χ0) is 18.1. The van der Waals surface area contributed by atoms with Crippen molar-refractivity contribution in [2.75, 3.05) is 13.1 Å². The van der Waals surface area contributed by atoms with Crippen molar-refractivity contribution in [1.82, 2.24) is 4.90 Å². The number of para-hydroxylation sites is 1. The molecular formula is C21H25NO4. The van der Waals surface area contributed by atoms with Crippen LogP contribution in [0.4, 0.5) is 0 Å². The second-order valence-corrected chi connectivity index (χ2v) is 8.52. The van der Waals surface area contributed by atoms with E-state index in [2.05, 4.69) is 0 Å². The van der Waals surface area contributed by atoms with E-state index in [1.54, 1.807) is 0 Å². The molecule has 2 heterocycles. The van der Waals surface area contributed by atoms with E-state index in [9.17, 15) is 9.59 Å². The van der Waals surface area contributed by atoms with Gasteiger partial charge in [-0.15, -0.1) is 0 Å². The highest BCUT2D eigenvalue weighted by Gasteiger charge is 2.71. The molecule has 1 spiro atoms. The number of benzene rings is 1. The molecule has 0 N–H and O–H groups in total. The third-order valence-corrected chi connectivity index (χ3v) is 6.65. The molecule has 2 saturated carbocycles. The molecule has 0 radical (unpaired) electrons. The van der Waals surface area contributed by atoms with Crippen molar-refractivity contribution in [2.45, 2.75) is 50.9 Å². The number of rotatable bonds is 1. The lowest BCUT2D eigenvalue weighted by atomic mass is 9.84. The van der Waals surface area contributed by atoms with Gasteiger partial charge in [-0.1, -0.05) is 12.1 Å². The van der Waals surface area contributed by atoms with Crippen LogP contribution in [0.3, 0.4) is 0 Å². The Labute approximate surface area is 153 Å². The summed E-state index contributed by atoms with van der Waals surface area (Å²) in [5, 5.41) is 0. The van der Waals surface area contributed by atoms with Crippen molar-refractivity contribution >= 4 is 11.7 Å². The molecule has 0 bridgehead atoms. The summed E-state index contributed by atoms with van der Waals surface area (Å²) >= 11 is 0. The van der Waals surface area contributed by atoms with Crippen molar-refractivity contribution in [3.63, 3.8) is 0 Å². The maximum absolute atomic E-state index is 13.1. The van der Waals surface area contributed by atoms with Crippen LogP contribution in [0.15, 0.2) is 24.3 Å². The molecule has 5 heteroatoms. The Morgan fingerprint density at radius 2 is 1.92 bits per heavy atom. The Hall–Kier alpha value is -1.88. The molecule has 3 fully saturated rings. The number of carbonyl (C=O) groups is 2. The molecule has 1 aromatic carbocycles. The third-order valence-electron chi connectivity index (χ3n) is 6.65. The maximum atomic E-state index is 13.1. The van der Waals surface area contributed by atoms with Gasteiger partial charge in [0.25, 0.3) is 0 Å². The first kappa shape index (κ1) is 16.3. The van der Waals surface area contributed by atoms with E-state index in [1.165, 1.54) is 0 Å². The molecule has 138 valence electrons. The fraction of sp³-hybridized carbons (Fsp3) is 0.619. The SMILES string of the molecule is C[C@@H]1CN(C(=O)[C@@H]2[C@H]3CC[C@@]4(CC(=O)c5ccccc5O4)[C@@H]32)C[C@@H](C)O1. The Morgan fingerprint density at radius 3 is 2.69 bits per heavy atom. The van der Waals surface area contributed by atoms with Crippen LogP contribution in [-0.4, -0.2) is 47.5 Å². The van der Waals surface area contributed by atoms with Crippen LogP contribution in [0.1, 0.15) is 43.5 Å². The predicted molar refractivity (Wildman–Crippen MR) is 95.0 cm³/mol. The molecule has 1 aromatic rings. The summed E-state index contributed by atoms with van der Waals surface area (Å²) in [4.78, 5) is 27.8. The van der Waals surface area contributed by atoms with Gasteiger partial charge < -0.3 is 14.4 Å². The molecule has 0 unspecified atom stereocenters. The van der Waals surface area contributed by atoms with Crippen LogP contribution in [0, 0.1) is 17.8 Å². The second-order valence-electron chi connectivity index (χ2n) is 8.52. The number of ketones is 1. The molecule has 4 aliphatic rings. The lowest BCUT2D eigenvalue weighted by Crippen LogP contribution is -2.50. The first-order valence-electron chi connectivity index (χ1n) is 9.74. The fourth-order valence-electron chi connectivity index (χ4n) is 5.67. The number of carbonyl (C=O) groups excluding carboxylic acids is 2. The van der Waals surface area contributed by atoms with Crippen molar-refractivity contribution in [3.8, 4) is 5.75 Å². The molecular weight excluding hydrogens is 330 g/mol. The van der Waals surface area contributed by atoms with E-state index in [4.69, 9.17) is 9.47 Å². The molecule has 1 saturated heterocycles. The van der Waals surface area contributed by atoms with Gasteiger partial charge in [-0.25, -0.2) is 0 Å². The normalized spacial score (nSPS) is 40.8. The highest BCUT2D eigenvalue weighted by Crippen LogP contribution is 2.66. The van der Waals surface area contributed by atoms with E-state index in [-0.39, 0.29) is 35.7 Å². The molecule has 5 rings (SSSR count). The summed E-state index contributed by atoms with van der Waals surface area (Å²) in [6.07, 6.45) is 2.42. The lowest BCUT2D eigenvalue weighted by Gasteiger charge is -2.38. The van der Waals surface area contributed by atoms with Crippen LogP contribution < -0.4 is 4.74 Å². The molecule has 6 atom stereocenters. The Kier molecular flexibility index (Phi) is 3.48. The van der Waals surface area contributed by atoms with Crippen molar-refractivity contribution in [3.05, 3.63) is 29.8 Å². The Bertz CT molecular complexity index is 767. The van der Waals surface area contributed by atoms with Crippen molar-refractivity contribution < 1.29 is 19.1 Å². The smallest absolute Gasteiger partial charge is 0.226 e. The quantitative estimate of drug-likeness (QED) is 0.777. The minimum absolute atomic E-state index is 0.0133. The van der Waals surface area contributed by atoms with Crippen molar-refractivity contribution in [1.29, 1.82) is 0 Å². The van der Waals surface area contributed by atoms with Gasteiger partial charge in [0.05, 0.1) is 24.2 Å². The summed E-state index contributed by atoms with van der Waals surface area (Å²) in [5.41, 5.74) is 0.209. The number of amides is 1. The summed E-state index contributed by atoms with van der Waals surface area (Å²) in [5.74, 6) is 1.64. The summed E-state index contributed by atoms with van der Waals surface area (Å²) in [6.45, 7) is 5.36. The van der Waals surface area contributed by atoms with Gasteiger partial charge in [0.1, 0.15) is 11.4 Å². The van der Waals surface area contributed by atoms with Crippen LogP contribution >= 0.6 is 0 Å². The Morgan fingerprint density at radius 1 is 1.19 bits per heavy atom. The average molecular weight is 355 g/mol. The van der Waals surface area contributed by atoms with Gasteiger partial charge in [0.2, 0.25) is 5.91 Å². The number of Topliss-reactive ketones (excluding diaryl/α,β-unsaturated/α-hetero) is 1. The highest BCUT2D eigenvalue weighted by molar-refractivity contribution is 6.00. The number of ether oxygens (including phenoxy) is 2. The highest BCUT2D eigenvalue weighted by atomic mass is 16.5. The molecule has 2 aliphatic heterocycles. The van der Waals surface area contributed by atoms with Gasteiger partial charge in [-0.2, -0.15) is 0 Å². The van der Waals surface area contributed by atoms with E-state index >= 15 is 0 Å². The van der Waals surface area contributed by atoms with Gasteiger partial charge in [-0.05, 0) is 44.7 Å². The summed E-state index contributed by atoms with van der Waals surface area (Å²) in [6, 6.07) is 7.50. The molecule has 2 aliphatic carbocycles. The van der Waals surface area contributed by atoms with Gasteiger partial charge in [0.15, 0.2) is 5.78 Å². The fourth-order valence-corrected chi connectivity index (χ4v) is 5.67. The first-order valence-corrected chi connectivity index (χ1v) is 9.74. The standard InChI is InChI=1S/C21H25NO4/c1-12-10-22(11-13(2)25-12)20(24)18-15-7-8-21(19(15)18)9-16(23)14-5-3-4-6-17(14)26-21/h3-6,12-13,15,18-19H,7-11H2,1-2H3/t12-,13-,15-,18-,19+,21-/m1/s1. The molecule has 1 amide bonds. The van der Waals surface area contributed by atoms with E-state index in [0.29, 0.717) is 36.7 Å².